The zero-order chi connectivity index (χ0) is 12.3. The zero-order valence-electron chi connectivity index (χ0n) is 10.2. The molecule has 1 amide bonds. The maximum absolute atomic E-state index is 11.9. The first-order valence-electron chi connectivity index (χ1n) is 5.37. The molecule has 0 aliphatic rings. The van der Waals surface area contributed by atoms with Crippen molar-refractivity contribution in [2.24, 2.45) is 5.41 Å². The van der Waals surface area contributed by atoms with Gasteiger partial charge in [0.25, 0.3) is 5.91 Å². The predicted molar refractivity (Wildman–Crippen MR) is 67.8 cm³/mol. The topological polar surface area (TPSA) is 29.1 Å². The van der Waals surface area contributed by atoms with Gasteiger partial charge in [-0.3, -0.25) is 4.79 Å². The van der Waals surface area contributed by atoms with Crippen LogP contribution in [0.1, 0.15) is 38.1 Å². The van der Waals surface area contributed by atoms with Crippen molar-refractivity contribution < 1.29 is 4.79 Å². The molecular formula is C13H18ClNO. The summed E-state index contributed by atoms with van der Waals surface area (Å²) in [4.78, 5) is 11.9. The molecule has 0 saturated heterocycles. The summed E-state index contributed by atoms with van der Waals surface area (Å²) >= 11 is 5.84. The van der Waals surface area contributed by atoms with E-state index in [1.165, 1.54) is 0 Å². The minimum atomic E-state index is -0.0788. The summed E-state index contributed by atoms with van der Waals surface area (Å²) in [5.74, 6) is -0.0788. The molecule has 0 bridgehead atoms. The largest absolute Gasteiger partial charge is 0.349 e. The van der Waals surface area contributed by atoms with E-state index >= 15 is 0 Å². The number of hydrogen-bond donors (Lipinski definition) is 1. The number of carbonyl (C=O) groups is 1. The van der Waals surface area contributed by atoms with Gasteiger partial charge < -0.3 is 5.32 Å². The third kappa shape index (κ3) is 3.53. The average Bonchev–Trinajstić information content (AvgIpc) is 2.16. The van der Waals surface area contributed by atoms with E-state index in [-0.39, 0.29) is 17.4 Å². The lowest BCUT2D eigenvalue weighted by Crippen LogP contribution is -2.41. The molecule has 2 nitrogen and oxygen atoms in total. The van der Waals surface area contributed by atoms with Crippen molar-refractivity contribution in [1.82, 2.24) is 5.32 Å². The highest BCUT2D eigenvalue weighted by atomic mass is 35.5. The first kappa shape index (κ1) is 13.0. The van der Waals surface area contributed by atoms with Crippen molar-refractivity contribution in [3.8, 4) is 0 Å². The number of nitrogens with one attached hydrogen (secondary N) is 1. The monoisotopic (exact) mass is 239 g/mol. The molecular weight excluding hydrogens is 222 g/mol. The smallest absolute Gasteiger partial charge is 0.251 e. The molecule has 0 aliphatic carbocycles. The molecule has 1 aromatic carbocycles. The average molecular weight is 240 g/mol. The van der Waals surface area contributed by atoms with E-state index in [2.05, 4.69) is 26.1 Å². The minimum absolute atomic E-state index is 0.0498. The summed E-state index contributed by atoms with van der Waals surface area (Å²) < 4.78 is 0. The highest BCUT2D eigenvalue weighted by Gasteiger charge is 2.22. The van der Waals surface area contributed by atoms with Crippen LogP contribution in [0.25, 0.3) is 0 Å². The molecule has 1 rings (SSSR count). The lowest BCUT2D eigenvalue weighted by molar-refractivity contribution is 0.0910. The fraction of sp³-hybridized carbons (Fsp3) is 0.462. The van der Waals surface area contributed by atoms with Crippen LogP contribution in [0.4, 0.5) is 0 Å². The second-order valence-electron chi connectivity index (χ2n) is 5.07. The molecule has 1 atom stereocenters. The molecule has 1 N–H and O–H groups in total. The van der Waals surface area contributed by atoms with Crippen molar-refractivity contribution in [1.29, 1.82) is 0 Å². The second kappa shape index (κ2) is 4.88. The maximum Gasteiger partial charge on any atom is 0.251 e. The van der Waals surface area contributed by atoms with Crippen LogP contribution in [-0.4, -0.2) is 11.9 Å². The normalized spacial score (nSPS) is 13.3. The Balaban J connectivity index is 2.74. The molecule has 0 aromatic heterocycles. The van der Waals surface area contributed by atoms with Crippen LogP contribution < -0.4 is 5.32 Å². The Morgan fingerprint density at radius 2 is 2.00 bits per heavy atom. The molecule has 16 heavy (non-hydrogen) atoms. The van der Waals surface area contributed by atoms with Gasteiger partial charge >= 0.3 is 0 Å². The summed E-state index contributed by atoms with van der Waals surface area (Å²) in [6.45, 7) is 8.28. The Morgan fingerprint density at radius 1 is 1.38 bits per heavy atom. The van der Waals surface area contributed by atoms with Crippen molar-refractivity contribution in [3.05, 3.63) is 34.9 Å². The van der Waals surface area contributed by atoms with Crippen molar-refractivity contribution in [2.75, 3.05) is 0 Å². The molecule has 0 aliphatic heterocycles. The van der Waals surface area contributed by atoms with E-state index in [0.717, 1.165) is 0 Å². The summed E-state index contributed by atoms with van der Waals surface area (Å²) in [7, 11) is 0. The van der Waals surface area contributed by atoms with E-state index < -0.39 is 0 Å². The van der Waals surface area contributed by atoms with Gasteiger partial charge in [-0.15, -0.1) is 0 Å². The minimum Gasteiger partial charge on any atom is -0.349 e. The zero-order valence-corrected chi connectivity index (χ0v) is 10.9. The summed E-state index contributed by atoms with van der Waals surface area (Å²) in [6, 6.07) is 7.08. The number of halogens is 1. The molecule has 0 spiro atoms. The second-order valence-corrected chi connectivity index (χ2v) is 5.51. The van der Waals surface area contributed by atoms with Gasteiger partial charge in [0.05, 0.1) is 0 Å². The van der Waals surface area contributed by atoms with Gasteiger partial charge in [-0.25, -0.2) is 0 Å². The van der Waals surface area contributed by atoms with Gasteiger partial charge in [-0.05, 0) is 30.5 Å². The molecule has 0 radical (unpaired) electrons. The fourth-order valence-corrected chi connectivity index (χ4v) is 1.32. The Labute approximate surface area is 102 Å². The quantitative estimate of drug-likeness (QED) is 0.841. The molecule has 0 heterocycles. The number of rotatable bonds is 2. The van der Waals surface area contributed by atoms with Crippen LogP contribution >= 0.6 is 11.6 Å². The van der Waals surface area contributed by atoms with E-state index in [4.69, 9.17) is 11.6 Å². The summed E-state index contributed by atoms with van der Waals surface area (Å²) in [6.07, 6.45) is 0. The first-order chi connectivity index (χ1) is 7.30. The summed E-state index contributed by atoms with van der Waals surface area (Å²) in [5, 5.41) is 3.55. The van der Waals surface area contributed by atoms with Crippen molar-refractivity contribution in [2.45, 2.75) is 33.7 Å². The summed E-state index contributed by atoms with van der Waals surface area (Å²) in [5.41, 5.74) is 0.650. The van der Waals surface area contributed by atoms with Crippen LogP contribution in [0.5, 0.6) is 0 Å². The van der Waals surface area contributed by atoms with Crippen molar-refractivity contribution >= 4 is 17.5 Å². The molecule has 0 unspecified atom stereocenters. The van der Waals surface area contributed by atoms with Gasteiger partial charge in [0.15, 0.2) is 0 Å². The lowest BCUT2D eigenvalue weighted by atomic mass is 9.88. The van der Waals surface area contributed by atoms with Gasteiger partial charge in [0.2, 0.25) is 0 Å². The molecule has 3 heteroatoms. The maximum atomic E-state index is 11.9. The third-order valence-electron chi connectivity index (χ3n) is 2.73. The van der Waals surface area contributed by atoms with E-state index in [1.54, 1.807) is 24.3 Å². The molecule has 0 fully saturated rings. The molecule has 88 valence electrons. The van der Waals surface area contributed by atoms with Gasteiger partial charge in [-0.1, -0.05) is 38.4 Å². The van der Waals surface area contributed by atoms with Crippen LogP contribution in [0, 0.1) is 5.41 Å². The fourth-order valence-electron chi connectivity index (χ4n) is 1.13. The number of carbonyl (C=O) groups excluding carboxylic acids is 1. The van der Waals surface area contributed by atoms with Crippen LogP contribution in [0.15, 0.2) is 24.3 Å². The van der Waals surface area contributed by atoms with Crippen molar-refractivity contribution in [3.63, 3.8) is 0 Å². The highest BCUT2D eigenvalue weighted by Crippen LogP contribution is 2.19. The highest BCUT2D eigenvalue weighted by molar-refractivity contribution is 6.30. The first-order valence-corrected chi connectivity index (χ1v) is 5.75. The number of hydrogen-bond acceptors (Lipinski definition) is 1. The SMILES string of the molecule is C[C@@H](NC(=O)c1cccc(Cl)c1)C(C)(C)C. The van der Waals surface area contributed by atoms with Gasteiger partial charge in [-0.2, -0.15) is 0 Å². The van der Waals surface area contributed by atoms with Crippen LogP contribution in [-0.2, 0) is 0 Å². The number of benzene rings is 1. The van der Waals surface area contributed by atoms with Gasteiger partial charge in [0, 0.05) is 16.6 Å². The Kier molecular flexibility index (Phi) is 3.98. The van der Waals surface area contributed by atoms with Crippen LogP contribution in [0.3, 0.4) is 0 Å². The van der Waals surface area contributed by atoms with Gasteiger partial charge in [0.1, 0.15) is 0 Å². The third-order valence-corrected chi connectivity index (χ3v) is 2.97. The lowest BCUT2D eigenvalue weighted by Gasteiger charge is -2.28. The van der Waals surface area contributed by atoms with E-state index in [0.29, 0.717) is 10.6 Å². The molecule has 0 saturated carbocycles. The molecule has 1 aromatic rings. The van der Waals surface area contributed by atoms with Crippen LogP contribution in [0.2, 0.25) is 5.02 Å². The predicted octanol–water partition coefficient (Wildman–Crippen LogP) is 3.50. The Bertz CT molecular complexity index is 382. The standard InChI is InChI=1S/C13H18ClNO/c1-9(13(2,3)4)15-12(16)10-6-5-7-11(14)8-10/h5-9H,1-4H3,(H,15,16)/t9-/m1/s1. The van der Waals surface area contributed by atoms with E-state index in [9.17, 15) is 4.79 Å². The van der Waals surface area contributed by atoms with E-state index in [1.807, 2.05) is 6.92 Å². The Morgan fingerprint density at radius 3 is 2.50 bits per heavy atom. The Hall–Kier alpha value is -1.02. The number of amides is 1.